The predicted octanol–water partition coefficient (Wildman–Crippen LogP) is 3.88. The molecular weight excluding hydrogens is 345 g/mol. The van der Waals surface area contributed by atoms with Gasteiger partial charge in [0.2, 0.25) is 5.88 Å². The average molecular weight is 371 g/mol. The Kier molecular flexibility index (Phi) is 5.32. The molecule has 2 fully saturated rings. The Morgan fingerprint density at radius 1 is 1.00 bits per heavy atom. The summed E-state index contributed by atoms with van der Waals surface area (Å²) in [6.07, 6.45) is 5.65. The summed E-state index contributed by atoms with van der Waals surface area (Å²) in [5.74, 6) is 1.03. The van der Waals surface area contributed by atoms with Crippen molar-refractivity contribution >= 4 is 11.4 Å². The molecule has 6 heteroatoms. The molecule has 3 heterocycles. The van der Waals surface area contributed by atoms with Crippen LogP contribution in [-0.4, -0.2) is 44.4 Å². The van der Waals surface area contributed by atoms with Crippen LogP contribution in [0.3, 0.4) is 0 Å². The second-order valence-corrected chi connectivity index (χ2v) is 7.17. The van der Waals surface area contributed by atoms with Crippen molar-refractivity contribution in [3.8, 4) is 11.6 Å². The fourth-order valence-corrected chi connectivity index (χ4v) is 3.88. The third-order valence-corrected chi connectivity index (χ3v) is 5.41. The molecule has 0 N–H and O–H groups in total. The van der Waals surface area contributed by atoms with Gasteiger partial charge in [0.25, 0.3) is 0 Å². The first-order chi connectivity index (χ1) is 13.2. The summed E-state index contributed by atoms with van der Waals surface area (Å²) in [6.45, 7) is 3.80. The largest absolute Gasteiger partial charge is 0.490 e. The maximum absolute atomic E-state index is 14.1. The summed E-state index contributed by atoms with van der Waals surface area (Å²) in [7, 11) is 1.54. The number of rotatable bonds is 5. The fourth-order valence-electron chi connectivity index (χ4n) is 3.88. The van der Waals surface area contributed by atoms with Crippen LogP contribution in [0.4, 0.5) is 15.8 Å². The lowest BCUT2D eigenvalue weighted by molar-refractivity contribution is 0.170. The summed E-state index contributed by atoms with van der Waals surface area (Å²) in [5.41, 5.74) is 1.83. The van der Waals surface area contributed by atoms with Gasteiger partial charge in [-0.2, -0.15) is 0 Å². The third-order valence-electron chi connectivity index (χ3n) is 5.41. The minimum atomic E-state index is -0.312. The molecule has 0 saturated carbocycles. The van der Waals surface area contributed by atoms with Crippen molar-refractivity contribution in [2.75, 3.05) is 43.1 Å². The molecule has 2 saturated heterocycles. The van der Waals surface area contributed by atoms with E-state index < -0.39 is 0 Å². The highest BCUT2D eigenvalue weighted by Crippen LogP contribution is 2.28. The van der Waals surface area contributed by atoms with Crippen molar-refractivity contribution in [3.05, 3.63) is 42.3 Å². The molecule has 0 bridgehead atoms. The van der Waals surface area contributed by atoms with Gasteiger partial charge in [-0.15, -0.1) is 0 Å². The number of ether oxygens (including phenoxy) is 2. The van der Waals surface area contributed by atoms with Crippen LogP contribution in [0, 0.1) is 5.82 Å². The third kappa shape index (κ3) is 4.10. The van der Waals surface area contributed by atoms with Gasteiger partial charge in [0.05, 0.1) is 19.0 Å². The summed E-state index contributed by atoms with van der Waals surface area (Å²) >= 11 is 0. The minimum absolute atomic E-state index is 0.158. The van der Waals surface area contributed by atoms with Crippen LogP contribution in [-0.2, 0) is 0 Å². The van der Waals surface area contributed by atoms with Crippen LogP contribution in [0.5, 0.6) is 11.6 Å². The molecule has 0 spiro atoms. The molecule has 0 radical (unpaired) electrons. The Balaban J connectivity index is 1.33. The summed E-state index contributed by atoms with van der Waals surface area (Å²) in [5, 5.41) is 0. The van der Waals surface area contributed by atoms with E-state index in [1.54, 1.807) is 13.2 Å². The lowest BCUT2D eigenvalue weighted by Gasteiger charge is -2.34. The van der Waals surface area contributed by atoms with Crippen LogP contribution >= 0.6 is 0 Å². The topological polar surface area (TPSA) is 37.8 Å². The Morgan fingerprint density at radius 3 is 2.37 bits per heavy atom. The smallest absolute Gasteiger partial charge is 0.215 e. The van der Waals surface area contributed by atoms with Crippen molar-refractivity contribution in [2.24, 2.45) is 0 Å². The second kappa shape index (κ2) is 8.03. The molecule has 1 aromatic carbocycles. The van der Waals surface area contributed by atoms with Gasteiger partial charge in [0.15, 0.2) is 5.82 Å². The fraction of sp³-hybridized carbons (Fsp3) is 0.476. The lowest BCUT2D eigenvalue weighted by Crippen LogP contribution is -2.38. The SMILES string of the molecule is COc1cc(N2CCC(Oc3ccc(N4CCCC4)cc3)CC2)c(F)cn1. The number of hydrogen-bond acceptors (Lipinski definition) is 5. The van der Waals surface area contributed by atoms with Crippen LogP contribution < -0.4 is 19.3 Å². The van der Waals surface area contributed by atoms with Gasteiger partial charge in [-0.05, 0) is 37.1 Å². The van der Waals surface area contributed by atoms with Crippen molar-refractivity contribution in [1.82, 2.24) is 4.98 Å². The zero-order valence-electron chi connectivity index (χ0n) is 15.7. The maximum Gasteiger partial charge on any atom is 0.215 e. The molecular formula is C21H26FN3O2. The number of anilines is 2. The molecule has 0 unspecified atom stereocenters. The van der Waals surface area contributed by atoms with Crippen molar-refractivity contribution in [1.29, 1.82) is 0 Å². The average Bonchev–Trinajstić information content (AvgIpc) is 3.25. The van der Waals surface area contributed by atoms with E-state index >= 15 is 0 Å². The Morgan fingerprint density at radius 2 is 1.70 bits per heavy atom. The van der Waals surface area contributed by atoms with Gasteiger partial charge >= 0.3 is 0 Å². The first kappa shape index (κ1) is 17.9. The number of benzene rings is 1. The predicted molar refractivity (Wildman–Crippen MR) is 104 cm³/mol. The van der Waals surface area contributed by atoms with E-state index in [9.17, 15) is 4.39 Å². The van der Waals surface area contributed by atoms with Gasteiger partial charge in [-0.3, -0.25) is 0 Å². The Bertz CT molecular complexity index is 755. The molecule has 0 atom stereocenters. The quantitative estimate of drug-likeness (QED) is 0.797. The van der Waals surface area contributed by atoms with E-state index in [0.717, 1.165) is 44.8 Å². The number of hydrogen-bond donors (Lipinski definition) is 0. The van der Waals surface area contributed by atoms with E-state index in [0.29, 0.717) is 11.6 Å². The van der Waals surface area contributed by atoms with Gasteiger partial charge in [0, 0.05) is 50.8 Å². The molecule has 2 aliphatic rings. The number of pyridine rings is 1. The number of nitrogens with zero attached hydrogens (tertiary/aromatic N) is 3. The normalized spacial score (nSPS) is 18.0. The van der Waals surface area contributed by atoms with Crippen LogP contribution in [0.2, 0.25) is 0 Å². The highest BCUT2D eigenvalue weighted by molar-refractivity contribution is 5.51. The zero-order chi connectivity index (χ0) is 18.6. The number of methoxy groups -OCH3 is 1. The molecule has 1 aromatic heterocycles. The van der Waals surface area contributed by atoms with Gasteiger partial charge < -0.3 is 19.3 Å². The summed E-state index contributed by atoms with van der Waals surface area (Å²) in [4.78, 5) is 8.36. The van der Waals surface area contributed by atoms with E-state index in [1.165, 1.54) is 24.7 Å². The molecule has 0 aliphatic carbocycles. The maximum atomic E-state index is 14.1. The summed E-state index contributed by atoms with van der Waals surface area (Å²) < 4.78 is 25.4. The van der Waals surface area contributed by atoms with E-state index in [4.69, 9.17) is 9.47 Å². The van der Waals surface area contributed by atoms with Crippen LogP contribution in [0.15, 0.2) is 36.5 Å². The van der Waals surface area contributed by atoms with Crippen molar-refractivity contribution < 1.29 is 13.9 Å². The van der Waals surface area contributed by atoms with Crippen molar-refractivity contribution in [2.45, 2.75) is 31.8 Å². The second-order valence-electron chi connectivity index (χ2n) is 7.17. The first-order valence-electron chi connectivity index (χ1n) is 9.69. The van der Waals surface area contributed by atoms with E-state index in [1.807, 2.05) is 4.90 Å². The molecule has 4 rings (SSSR count). The highest BCUT2D eigenvalue weighted by atomic mass is 19.1. The minimum Gasteiger partial charge on any atom is -0.490 e. The van der Waals surface area contributed by atoms with Crippen LogP contribution in [0.25, 0.3) is 0 Å². The number of halogens is 1. The zero-order valence-corrected chi connectivity index (χ0v) is 15.7. The number of aromatic nitrogens is 1. The summed E-state index contributed by atoms with van der Waals surface area (Å²) in [6, 6.07) is 10.1. The Labute approximate surface area is 159 Å². The monoisotopic (exact) mass is 371 g/mol. The molecule has 2 aromatic rings. The Hall–Kier alpha value is -2.50. The van der Waals surface area contributed by atoms with Crippen LogP contribution in [0.1, 0.15) is 25.7 Å². The van der Waals surface area contributed by atoms with E-state index in [2.05, 4.69) is 34.1 Å². The van der Waals surface area contributed by atoms with E-state index in [-0.39, 0.29) is 11.9 Å². The van der Waals surface area contributed by atoms with Crippen molar-refractivity contribution in [3.63, 3.8) is 0 Å². The first-order valence-corrected chi connectivity index (χ1v) is 9.69. The molecule has 27 heavy (non-hydrogen) atoms. The standard InChI is InChI=1S/C21H26FN3O2/c1-26-21-14-20(19(22)15-23-21)25-12-8-18(9-13-25)27-17-6-4-16(5-7-17)24-10-2-3-11-24/h4-7,14-15,18H,2-3,8-13H2,1H3. The molecule has 2 aliphatic heterocycles. The highest BCUT2D eigenvalue weighted by Gasteiger charge is 2.23. The van der Waals surface area contributed by atoms with Gasteiger partial charge in [0.1, 0.15) is 11.9 Å². The molecule has 144 valence electrons. The van der Waals surface area contributed by atoms with Gasteiger partial charge in [-0.1, -0.05) is 0 Å². The molecule has 5 nitrogen and oxygen atoms in total. The van der Waals surface area contributed by atoms with Gasteiger partial charge in [-0.25, -0.2) is 9.37 Å². The molecule has 0 amide bonds. The number of piperidine rings is 1. The lowest BCUT2D eigenvalue weighted by atomic mass is 10.1.